The molecular weight excluding hydrogens is 214 g/mol. The van der Waals surface area contributed by atoms with E-state index in [-0.39, 0.29) is 5.91 Å². The molecule has 4 nitrogen and oxygen atoms in total. The van der Waals surface area contributed by atoms with E-state index >= 15 is 0 Å². The van der Waals surface area contributed by atoms with Crippen molar-refractivity contribution in [3.05, 3.63) is 35.9 Å². The lowest BCUT2D eigenvalue weighted by molar-refractivity contribution is -0.132. The van der Waals surface area contributed by atoms with Crippen LogP contribution in [-0.4, -0.2) is 37.0 Å². The number of nitrogens with two attached hydrogens (primary N) is 1. The minimum Gasteiger partial charge on any atom is -0.340 e. The summed E-state index contributed by atoms with van der Waals surface area (Å²) in [6.07, 6.45) is 0.993. The van der Waals surface area contributed by atoms with Gasteiger partial charge in [0.25, 0.3) is 0 Å². The molecule has 0 aromatic heterocycles. The van der Waals surface area contributed by atoms with Crippen LogP contribution in [0.25, 0.3) is 0 Å². The predicted molar refractivity (Wildman–Crippen MR) is 67.4 cm³/mol. The maximum atomic E-state index is 12.2. The molecule has 0 radical (unpaired) electrons. The molecule has 2 rings (SSSR count). The van der Waals surface area contributed by atoms with Crippen molar-refractivity contribution >= 4 is 5.91 Å². The molecule has 3 N–H and O–H groups in total. The van der Waals surface area contributed by atoms with Gasteiger partial charge in [-0.15, -0.1) is 0 Å². The van der Waals surface area contributed by atoms with Crippen LogP contribution in [0.1, 0.15) is 18.0 Å². The third kappa shape index (κ3) is 3.05. The maximum absolute atomic E-state index is 12.2. The topological polar surface area (TPSA) is 58.4 Å². The molecule has 1 aromatic rings. The van der Waals surface area contributed by atoms with Crippen molar-refractivity contribution < 1.29 is 4.79 Å². The van der Waals surface area contributed by atoms with Crippen molar-refractivity contribution in [2.75, 3.05) is 26.2 Å². The van der Waals surface area contributed by atoms with Gasteiger partial charge in [0, 0.05) is 19.6 Å². The molecule has 1 amide bonds. The van der Waals surface area contributed by atoms with Gasteiger partial charge in [-0.25, -0.2) is 0 Å². The van der Waals surface area contributed by atoms with Crippen LogP contribution in [0.15, 0.2) is 30.3 Å². The molecule has 1 fully saturated rings. The number of carbonyl (C=O) groups is 1. The zero-order valence-electron chi connectivity index (χ0n) is 9.93. The first-order chi connectivity index (χ1) is 8.29. The summed E-state index contributed by atoms with van der Waals surface area (Å²) < 4.78 is 0. The molecular formula is C13H19N3O. The van der Waals surface area contributed by atoms with Crippen molar-refractivity contribution in [3.8, 4) is 0 Å². The summed E-state index contributed by atoms with van der Waals surface area (Å²) in [7, 11) is 0. The Hall–Kier alpha value is -1.39. The van der Waals surface area contributed by atoms with Gasteiger partial charge in [-0.1, -0.05) is 30.3 Å². The summed E-state index contributed by atoms with van der Waals surface area (Å²) >= 11 is 0. The molecule has 17 heavy (non-hydrogen) atoms. The second-order valence-electron chi connectivity index (χ2n) is 4.32. The van der Waals surface area contributed by atoms with Gasteiger partial charge in [0.15, 0.2) is 0 Å². The van der Waals surface area contributed by atoms with Gasteiger partial charge >= 0.3 is 0 Å². The average molecular weight is 233 g/mol. The lowest BCUT2D eigenvalue weighted by Gasteiger charge is -2.23. The van der Waals surface area contributed by atoms with Gasteiger partial charge in [0.05, 0.1) is 0 Å². The van der Waals surface area contributed by atoms with Gasteiger partial charge < -0.3 is 16.0 Å². The van der Waals surface area contributed by atoms with Crippen LogP contribution in [0.5, 0.6) is 0 Å². The number of hydrogen-bond acceptors (Lipinski definition) is 3. The first kappa shape index (κ1) is 12.1. The zero-order chi connectivity index (χ0) is 12.1. The van der Waals surface area contributed by atoms with E-state index in [1.807, 2.05) is 35.2 Å². The van der Waals surface area contributed by atoms with Crippen molar-refractivity contribution in [2.24, 2.45) is 5.73 Å². The molecule has 0 aliphatic carbocycles. The maximum Gasteiger partial charge on any atom is 0.244 e. The number of carbonyl (C=O) groups excluding carboxylic acids is 1. The largest absolute Gasteiger partial charge is 0.340 e. The highest BCUT2D eigenvalue weighted by molar-refractivity contribution is 5.83. The van der Waals surface area contributed by atoms with Crippen LogP contribution < -0.4 is 11.1 Å². The smallest absolute Gasteiger partial charge is 0.244 e. The summed E-state index contributed by atoms with van der Waals surface area (Å²) in [5.74, 6) is 0.0277. The van der Waals surface area contributed by atoms with E-state index < -0.39 is 6.04 Å². The molecule has 0 bridgehead atoms. The van der Waals surface area contributed by atoms with Crippen LogP contribution in [0.2, 0.25) is 0 Å². The zero-order valence-corrected chi connectivity index (χ0v) is 9.93. The highest BCUT2D eigenvalue weighted by Gasteiger charge is 2.22. The van der Waals surface area contributed by atoms with Crippen LogP contribution in [0, 0.1) is 0 Å². The monoisotopic (exact) mass is 233 g/mol. The van der Waals surface area contributed by atoms with E-state index in [1.165, 1.54) is 0 Å². The Balaban J connectivity index is 2.03. The number of benzene rings is 1. The Morgan fingerprint density at radius 3 is 2.76 bits per heavy atom. The van der Waals surface area contributed by atoms with Gasteiger partial charge in [-0.05, 0) is 18.5 Å². The fraction of sp³-hybridized carbons (Fsp3) is 0.462. The number of rotatable bonds is 2. The number of hydrogen-bond donors (Lipinski definition) is 2. The van der Waals surface area contributed by atoms with Crippen LogP contribution in [0.4, 0.5) is 0 Å². The highest BCUT2D eigenvalue weighted by atomic mass is 16.2. The van der Waals surface area contributed by atoms with E-state index in [4.69, 9.17) is 5.73 Å². The summed E-state index contributed by atoms with van der Waals surface area (Å²) in [6.45, 7) is 3.38. The Morgan fingerprint density at radius 1 is 1.24 bits per heavy atom. The SMILES string of the molecule is N[C@H](C(=O)N1CCCNCC1)c1ccccc1. The predicted octanol–water partition coefficient (Wildman–Crippen LogP) is 0.508. The van der Waals surface area contributed by atoms with Crippen molar-refractivity contribution in [2.45, 2.75) is 12.5 Å². The van der Waals surface area contributed by atoms with E-state index in [1.54, 1.807) is 0 Å². The fourth-order valence-electron chi connectivity index (χ4n) is 2.07. The van der Waals surface area contributed by atoms with E-state index in [2.05, 4.69) is 5.32 Å². The van der Waals surface area contributed by atoms with Crippen LogP contribution in [-0.2, 0) is 4.79 Å². The summed E-state index contributed by atoms with van der Waals surface area (Å²) in [5.41, 5.74) is 6.89. The molecule has 1 heterocycles. The molecule has 1 aliphatic rings. The van der Waals surface area contributed by atoms with Gasteiger partial charge in [0.2, 0.25) is 5.91 Å². The molecule has 0 unspecified atom stereocenters. The Kier molecular flexibility index (Phi) is 4.12. The number of nitrogens with one attached hydrogen (secondary N) is 1. The van der Waals surface area contributed by atoms with Crippen molar-refractivity contribution in [3.63, 3.8) is 0 Å². The molecule has 0 saturated carbocycles. The molecule has 1 saturated heterocycles. The minimum atomic E-state index is -0.533. The normalized spacial score (nSPS) is 18.5. The summed E-state index contributed by atoms with van der Waals surface area (Å²) in [6, 6.07) is 9.02. The summed E-state index contributed by atoms with van der Waals surface area (Å²) in [5, 5.41) is 3.28. The van der Waals surface area contributed by atoms with E-state index in [0.717, 1.165) is 38.2 Å². The Labute approximate surface area is 102 Å². The lowest BCUT2D eigenvalue weighted by atomic mass is 10.1. The molecule has 92 valence electrons. The molecule has 4 heteroatoms. The van der Waals surface area contributed by atoms with Gasteiger partial charge in [0.1, 0.15) is 6.04 Å². The van der Waals surface area contributed by atoms with Crippen LogP contribution >= 0.6 is 0 Å². The third-order valence-corrected chi connectivity index (χ3v) is 3.08. The lowest BCUT2D eigenvalue weighted by Crippen LogP contribution is -2.40. The molecule has 1 atom stereocenters. The Morgan fingerprint density at radius 2 is 2.00 bits per heavy atom. The first-order valence-electron chi connectivity index (χ1n) is 6.09. The molecule has 1 aliphatic heterocycles. The highest BCUT2D eigenvalue weighted by Crippen LogP contribution is 2.13. The average Bonchev–Trinajstić information content (AvgIpc) is 2.67. The first-order valence-corrected chi connectivity index (χ1v) is 6.09. The number of nitrogens with zero attached hydrogens (tertiary/aromatic N) is 1. The molecule has 0 spiro atoms. The van der Waals surface area contributed by atoms with Gasteiger partial charge in [-0.3, -0.25) is 4.79 Å². The van der Waals surface area contributed by atoms with Crippen LogP contribution in [0.3, 0.4) is 0 Å². The minimum absolute atomic E-state index is 0.0277. The van der Waals surface area contributed by atoms with E-state index in [0.29, 0.717) is 0 Å². The second kappa shape index (κ2) is 5.80. The summed E-state index contributed by atoms with van der Waals surface area (Å²) in [4.78, 5) is 14.1. The van der Waals surface area contributed by atoms with Crippen molar-refractivity contribution in [1.82, 2.24) is 10.2 Å². The second-order valence-corrected chi connectivity index (χ2v) is 4.32. The Bertz CT molecular complexity index is 358. The fourth-order valence-corrected chi connectivity index (χ4v) is 2.07. The third-order valence-electron chi connectivity index (χ3n) is 3.08. The van der Waals surface area contributed by atoms with E-state index in [9.17, 15) is 4.79 Å². The molecule has 1 aromatic carbocycles. The number of amides is 1. The quantitative estimate of drug-likeness (QED) is 0.782. The van der Waals surface area contributed by atoms with Crippen molar-refractivity contribution in [1.29, 1.82) is 0 Å². The van der Waals surface area contributed by atoms with Gasteiger partial charge in [-0.2, -0.15) is 0 Å². The standard InChI is InChI=1S/C13H19N3O/c14-12(11-5-2-1-3-6-11)13(17)16-9-4-7-15-8-10-16/h1-3,5-6,12,15H,4,7-10,14H2/t12-/m0/s1.